The van der Waals surface area contributed by atoms with Crippen molar-refractivity contribution in [3.8, 4) is 5.69 Å². The fraction of sp³-hybridized carbons (Fsp3) is 0.353. The van der Waals surface area contributed by atoms with Crippen LogP contribution in [0.5, 0.6) is 0 Å². The molecule has 0 aliphatic carbocycles. The van der Waals surface area contributed by atoms with Crippen molar-refractivity contribution < 1.29 is 18.0 Å². The molecule has 0 saturated carbocycles. The molecule has 9 nitrogen and oxygen atoms in total. The third-order valence-electron chi connectivity index (χ3n) is 4.56. The number of nitrogens with zero attached hydrogens (tertiary/aromatic N) is 4. The number of carbonyl (C=O) groups is 2. The Hall–Kier alpha value is -2.72. The van der Waals surface area contributed by atoms with Gasteiger partial charge in [-0.05, 0) is 19.1 Å². The number of carbonyl (C=O) groups excluding carboxylic acids is 2. The number of hydrogen-bond acceptors (Lipinski definition) is 5. The van der Waals surface area contributed by atoms with Crippen molar-refractivity contribution in [2.75, 3.05) is 27.2 Å². The summed E-state index contributed by atoms with van der Waals surface area (Å²) in [4.78, 5) is 30.4. The van der Waals surface area contributed by atoms with Crippen LogP contribution >= 0.6 is 0 Å². The number of sulfonamides is 1. The van der Waals surface area contributed by atoms with Gasteiger partial charge in [-0.1, -0.05) is 12.1 Å². The Morgan fingerprint density at radius 3 is 2.67 bits per heavy atom. The van der Waals surface area contributed by atoms with Gasteiger partial charge >= 0.3 is 0 Å². The SMILES string of the molecule is CCN(C)C(=O)c1ncn2c1CN(CC(=O)NC)S(=O)(=O)c1ccccc1-2. The monoisotopic (exact) mass is 391 g/mol. The molecule has 0 fully saturated rings. The van der Waals surface area contributed by atoms with Crippen LogP contribution in [0.25, 0.3) is 5.69 Å². The quantitative estimate of drug-likeness (QED) is 0.803. The highest BCUT2D eigenvalue weighted by molar-refractivity contribution is 7.89. The van der Waals surface area contributed by atoms with E-state index in [2.05, 4.69) is 10.3 Å². The van der Waals surface area contributed by atoms with Gasteiger partial charge in [0.2, 0.25) is 15.9 Å². The molecular formula is C17H21N5O4S. The van der Waals surface area contributed by atoms with Gasteiger partial charge in [0.1, 0.15) is 11.2 Å². The lowest BCUT2D eigenvalue weighted by molar-refractivity contribution is -0.120. The van der Waals surface area contributed by atoms with E-state index in [0.717, 1.165) is 4.31 Å². The fourth-order valence-corrected chi connectivity index (χ4v) is 4.42. The standard InChI is InChI=1S/C17H21N5O4S/c1-4-20(3)17(24)16-13-9-21(10-15(23)18-2)27(25,26)14-8-6-5-7-12(14)22(13)11-19-16/h5-8,11H,4,9-10H2,1-3H3,(H,18,23). The zero-order chi connectivity index (χ0) is 19.8. The molecule has 27 heavy (non-hydrogen) atoms. The predicted octanol–water partition coefficient (Wildman–Crippen LogP) is 0.215. The number of nitrogens with one attached hydrogen (secondary N) is 1. The van der Waals surface area contributed by atoms with Gasteiger partial charge in [0.25, 0.3) is 5.91 Å². The molecule has 0 bridgehead atoms. The number of fused-ring (bicyclic) bond motifs is 3. The maximum absolute atomic E-state index is 13.1. The predicted molar refractivity (Wildman–Crippen MR) is 97.9 cm³/mol. The van der Waals surface area contributed by atoms with Gasteiger partial charge in [0.05, 0.1) is 24.5 Å². The van der Waals surface area contributed by atoms with Gasteiger partial charge in [0, 0.05) is 20.6 Å². The maximum atomic E-state index is 13.1. The van der Waals surface area contributed by atoms with Crippen molar-refractivity contribution in [2.45, 2.75) is 18.4 Å². The van der Waals surface area contributed by atoms with Crippen molar-refractivity contribution in [1.82, 2.24) is 24.1 Å². The molecule has 0 saturated heterocycles. The van der Waals surface area contributed by atoms with Crippen LogP contribution in [0.4, 0.5) is 0 Å². The van der Waals surface area contributed by atoms with E-state index in [0.29, 0.717) is 17.9 Å². The molecule has 0 spiro atoms. The molecule has 0 radical (unpaired) electrons. The minimum absolute atomic E-state index is 0.0629. The van der Waals surface area contributed by atoms with Gasteiger partial charge in [-0.25, -0.2) is 13.4 Å². The summed E-state index contributed by atoms with van der Waals surface area (Å²) in [5.74, 6) is -0.745. The number of rotatable bonds is 4. The van der Waals surface area contributed by atoms with E-state index >= 15 is 0 Å². The van der Waals surface area contributed by atoms with Crippen LogP contribution in [-0.4, -0.2) is 66.2 Å². The molecular weight excluding hydrogens is 370 g/mol. The molecule has 10 heteroatoms. The van der Waals surface area contributed by atoms with Crippen molar-refractivity contribution in [3.63, 3.8) is 0 Å². The fourth-order valence-electron chi connectivity index (χ4n) is 2.88. The summed E-state index contributed by atoms with van der Waals surface area (Å²) in [6, 6.07) is 6.47. The summed E-state index contributed by atoms with van der Waals surface area (Å²) in [7, 11) is -0.840. The molecule has 1 aromatic heterocycles. The Morgan fingerprint density at radius 1 is 1.30 bits per heavy atom. The Kier molecular flexibility index (Phi) is 5.03. The van der Waals surface area contributed by atoms with Crippen molar-refractivity contribution in [3.05, 3.63) is 42.0 Å². The van der Waals surface area contributed by atoms with Gasteiger partial charge < -0.3 is 10.2 Å². The van der Waals surface area contributed by atoms with E-state index in [1.165, 1.54) is 24.3 Å². The van der Waals surface area contributed by atoms with Crippen LogP contribution in [0, 0.1) is 0 Å². The number of para-hydroxylation sites is 1. The highest BCUT2D eigenvalue weighted by Gasteiger charge is 2.36. The van der Waals surface area contributed by atoms with Crippen molar-refractivity contribution >= 4 is 21.8 Å². The van der Waals surface area contributed by atoms with Gasteiger partial charge in [0.15, 0.2) is 5.69 Å². The minimum atomic E-state index is -3.93. The van der Waals surface area contributed by atoms with E-state index in [4.69, 9.17) is 0 Å². The zero-order valence-corrected chi connectivity index (χ0v) is 16.2. The van der Waals surface area contributed by atoms with Gasteiger partial charge in [-0.15, -0.1) is 0 Å². The average Bonchev–Trinajstić information content (AvgIpc) is 3.05. The summed E-state index contributed by atoms with van der Waals surface area (Å²) < 4.78 is 28.9. The molecule has 2 aromatic rings. The molecule has 3 rings (SSSR count). The maximum Gasteiger partial charge on any atom is 0.274 e. The number of amides is 2. The lowest BCUT2D eigenvalue weighted by Crippen LogP contribution is -2.39. The van der Waals surface area contributed by atoms with Gasteiger partial charge in [-0.3, -0.25) is 14.2 Å². The summed E-state index contributed by atoms with van der Waals surface area (Å²) in [5, 5.41) is 2.43. The van der Waals surface area contributed by atoms with Crippen LogP contribution in [0.1, 0.15) is 23.1 Å². The second kappa shape index (κ2) is 7.12. The lowest BCUT2D eigenvalue weighted by Gasteiger charge is -2.20. The van der Waals surface area contributed by atoms with Crippen LogP contribution in [0.3, 0.4) is 0 Å². The zero-order valence-electron chi connectivity index (χ0n) is 15.3. The molecule has 1 aromatic carbocycles. The van der Waals surface area contributed by atoms with Gasteiger partial charge in [-0.2, -0.15) is 4.31 Å². The second-order valence-electron chi connectivity index (χ2n) is 6.14. The molecule has 0 unspecified atom stereocenters. The van der Waals surface area contributed by atoms with Crippen LogP contribution in [0.2, 0.25) is 0 Å². The third-order valence-corrected chi connectivity index (χ3v) is 6.40. The Bertz CT molecular complexity index is 999. The number of likely N-dealkylation sites (N-methyl/N-ethyl adjacent to an activating group) is 1. The second-order valence-corrected chi connectivity index (χ2v) is 8.05. The normalized spacial score (nSPS) is 15.4. The van der Waals surface area contributed by atoms with E-state index in [-0.39, 0.29) is 29.6 Å². The number of imidazole rings is 1. The van der Waals surface area contributed by atoms with E-state index in [9.17, 15) is 18.0 Å². The molecule has 1 N–H and O–H groups in total. The summed E-state index contributed by atoms with van der Waals surface area (Å²) in [5.41, 5.74) is 1.00. The average molecular weight is 391 g/mol. The highest BCUT2D eigenvalue weighted by atomic mass is 32.2. The summed E-state index contributed by atoms with van der Waals surface area (Å²) in [6.45, 7) is 1.84. The van der Waals surface area contributed by atoms with Crippen molar-refractivity contribution in [2.24, 2.45) is 0 Å². The summed E-state index contributed by atoms with van der Waals surface area (Å²) in [6.07, 6.45) is 1.45. The largest absolute Gasteiger partial charge is 0.358 e. The lowest BCUT2D eigenvalue weighted by atomic mass is 10.2. The highest BCUT2D eigenvalue weighted by Crippen LogP contribution is 2.31. The third kappa shape index (κ3) is 3.21. The topological polar surface area (TPSA) is 105 Å². The Balaban J connectivity index is 2.21. The molecule has 1 aliphatic rings. The minimum Gasteiger partial charge on any atom is -0.358 e. The summed E-state index contributed by atoms with van der Waals surface area (Å²) >= 11 is 0. The van der Waals surface area contributed by atoms with Crippen molar-refractivity contribution in [1.29, 1.82) is 0 Å². The molecule has 1 aliphatic heterocycles. The first-order valence-electron chi connectivity index (χ1n) is 8.43. The van der Waals surface area contributed by atoms with Crippen LogP contribution in [0.15, 0.2) is 35.5 Å². The molecule has 2 amide bonds. The van der Waals surface area contributed by atoms with E-state index < -0.39 is 15.9 Å². The molecule has 2 heterocycles. The smallest absolute Gasteiger partial charge is 0.274 e. The van der Waals surface area contributed by atoms with E-state index in [1.807, 2.05) is 6.92 Å². The first-order valence-corrected chi connectivity index (χ1v) is 9.87. The van der Waals surface area contributed by atoms with Crippen LogP contribution in [-0.2, 0) is 21.4 Å². The van der Waals surface area contributed by atoms with E-state index in [1.54, 1.807) is 29.8 Å². The van der Waals surface area contributed by atoms with Crippen LogP contribution < -0.4 is 5.32 Å². The number of hydrogen-bond donors (Lipinski definition) is 1. The molecule has 144 valence electrons. The first-order chi connectivity index (χ1) is 12.8. The number of benzene rings is 1. The Morgan fingerprint density at radius 2 is 2.00 bits per heavy atom. The Labute approximate surface area is 157 Å². The number of aromatic nitrogens is 2. The molecule has 0 atom stereocenters. The first kappa shape index (κ1) is 19.1.